The van der Waals surface area contributed by atoms with Gasteiger partial charge in [0.25, 0.3) is 0 Å². The van der Waals surface area contributed by atoms with Gasteiger partial charge in [-0.15, -0.1) is 0 Å². The average molecular weight is 142 g/mol. The van der Waals surface area contributed by atoms with Gasteiger partial charge in [0.2, 0.25) is 0 Å². The monoisotopic (exact) mass is 142 g/mol. The molecule has 0 amide bonds. The van der Waals surface area contributed by atoms with E-state index in [0.29, 0.717) is 0 Å². The van der Waals surface area contributed by atoms with Crippen LogP contribution in [0.25, 0.3) is 0 Å². The molecule has 0 bridgehead atoms. The summed E-state index contributed by atoms with van der Waals surface area (Å²) in [6, 6.07) is 6.20. The predicted molar refractivity (Wildman–Crippen MR) is 41.6 cm³/mol. The van der Waals surface area contributed by atoms with Crippen LogP contribution in [0, 0.1) is 0 Å². The predicted octanol–water partition coefficient (Wildman–Crippen LogP) is 2.70. The summed E-state index contributed by atoms with van der Waals surface area (Å²) in [5.41, 5.74) is 0. The van der Waals surface area contributed by atoms with Crippen LogP contribution in [0.5, 0.6) is 0 Å². The summed E-state index contributed by atoms with van der Waals surface area (Å²) >= 11 is 4.13. The minimum Gasteiger partial charge on any atom is -0.174 e. The highest BCUT2D eigenvalue weighted by atomic mass is 32.1. The van der Waals surface area contributed by atoms with Gasteiger partial charge < -0.3 is 0 Å². The van der Waals surface area contributed by atoms with Crippen LogP contribution in [0.15, 0.2) is 24.0 Å². The molecule has 0 aromatic carbocycles. The van der Waals surface area contributed by atoms with Crippen molar-refractivity contribution in [2.75, 3.05) is 0 Å². The smallest absolute Gasteiger partial charge is 0.0197 e. The molecule has 0 aliphatic rings. The standard InChI is InChI=1S/C6H7PS/c8-5-6-3-1-2-4-7-6/h1-4,8H,5H2. The molecule has 2 heteroatoms. The molecule has 0 spiro atoms. The van der Waals surface area contributed by atoms with Crippen LogP contribution in [0.1, 0.15) is 5.30 Å². The average Bonchev–Trinajstić information content (AvgIpc) is 1.90. The first-order valence-electron chi connectivity index (χ1n) is 2.44. The van der Waals surface area contributed by atoms with Crippen molar-refractivity contribution in [1.82, 2.24) is 0 Å². The minimum absolute atomic E-state index is 0.877. The second-order valence-electron chi connectivity index (χ2n) is 1.48. The molecule has 1 rings (SSSR count). The van der Waals surface area contributed by atoms with Gasteiger partial charge in [-0.2, -0.15) is 12.6 Å². The van der Waals surface area contributed by atoms with E-state index in [-0.39, 0.29) is 0 Å². The van der Waals surface area contributed by atoms with Crippen molar-refractivity contribution >= 4 is 20.8 Å². The molecule has 0 saturated carbocycles. The first-order chi connectivity index (χ1) is 3.93. The second kappa shape index (κ2) is 3.11. The number of thiol groups is 1. The second-order valence-corrected chi connectivity index (χ2v) is 2.93. The van der Waals surface area contributed by atoms with E-state index in [1.807, 2.05) is 6.07 Å². The Hall–Kier alpha value is -0.0000000000000000555. The Kier molecular flexibility index (Phi) is 2.38. The Morgan fingerprint density at radius 2 is 2.38 bits per heavy atom. The molecule has 0 saturated heterocycles. The third-order valence-corrected chi connectivity index (χ3v) is 2.44. The molecule has 1 aromatic rings. The Labute approximate surface area is 56.4 Å². The molecule has 0 unspecified atom stereocenters. The highest BCUT2D eigenvalue weighted by molar-refractivity contribution is 7.79. The molecule has 0 aliphatic heterocycles. The molecular formula is C6H7PS. The van der Waals surface area contributed by atoms with Gasteiger partial charge in [-0.3, -0.25) is 0 Å². The van der Waals surface area contributed by atoms with E-state index in [2.05, 4.69) is 30.6 Å². The zero-order chi connectivity index (χ0) is 5.82. The third kappa shape index (κ3) is 1.50. The van der Waals surface area contributed by atoms with Crippen molar-refractivity contribution in [3.05, 3.63) is 29.3 Å². The van der Waals surface area contributed by atoms with Gasteiger partial charge in [0.1, 0.15) is 0 Å². The largest absolute Gasteiger partial charge is 0.174 e. The molecule has 0 fully saturated rings. The van der Waals surface area contributed by atoms with E-state index >= 15 is 0 Å². The van der Waals surface area contributed by atoms with Crippen LogP contribution in [-0.4, -0.2) is 0 Å². The number of hydrogen-bond donors (Lipinski definition) is 1. The van der Waals surface area contributed by atoms with Crippen LogP contribution in [0.4, 0.5) is 0 Å². The topological polar surface area (TPSA) is 0 Å². The Balaban J connectivity index is 2.83. The van der Waals surface area contributed by atoms with Gasteiger partial charge in [-0.05, 0) is 11.1 Å². The summed E-state index contributed by atoms with van der Waals surface area (Å²) in [6.07, 6.45) is 0. The Bertz CT molecular complexity index is 150. The summed E-state index contributed by atoms with van der Waals surface area (Å²) < 4.78 is 0. The van der Waals surface area contributed by atoms with Crippen molar-refractivity contribution in [2.24, 2.45) is 0 Å². The van der Waals surface area contributed by atoms with E-state index in [9.17, 15) is 0 Å². The summed E-state index contributed by atoms with van der Waals surface area (Å²) in [7, 11) is 1.30. The lowest BCUT2D eigenvalue weighted by Crippen LogP contribution is -1.64. The number of hydrogen-bond acceptors (Lipinski definition) is 1. The van der Waals surface area contributed by atoms with Gasteiger partial charge in [0, 0.05) is 5.75 Å². The Morgan fingerprint density at radius 3 is 2.75 bits per heavy atom. The minimum atomic E-state index is 0.877. The molecule has 0 radical (unpaired) electrons. The van der Waals surface area contributed by atoms with Crippen LogP contribution in [0.2, 0.25) is 0 Å². The molecule has 42 valence electrons. The lowest BCUT2D eigenvalue weighted by Gasteiger charge is -1.88. The van der Waals surface area contributed by atoms with Gasteiger partial charge in [-0.25, -0.2) is 0 Å². The van der Waals surface area contributed by atoms with Crippen LogP contribution in [-0.2, 0) is 5.75 Å². The quantitative estimate of drug-likeness (QED) is 0.572. The zero-order valence-electron chi connectivity index (χ0n) is 4.41. The fraction of sp³-hybridized carbons (Fsp3) is 0.167. The van der Waals surface area contributed by atoms with E-state index in [4.69, 9.17) is 0 Å². The molecule has 0 atom stereocenters. The van der Waals surface area contributed by atoms with E-state index < -0.39 is 0 Å². The lowest BCUT2D eigenvalue weighted by atomic mass is 10.5. The van der Waals surface area contributed by atoms with E-state index in [0.717, 1.165) is 5.75 Å². The molecule has 1 aromatic heterocycles. The van der Waals surface area contributed by atoms with Crippen molar-refractivity contribution in [2.45, 2.75) is 5.75 Å². The molecule has 0 N–H and O–H groups in total. The highest BCUT2D eigenvalue weighted by Gasteiger charge is 1.81. The van der Waals surface area contributed by atoms with Gasteiger partial charge in [0.15, 0.2) is 0 Å². The first-order valence-corrected chi connectivity index (χ1v) is 4.04. The maximum absolute atomic E-state index is 4.13. The SMILES string of the molecule is SCc1ccccp1. The van der Waals surface area contributed by atoms with Crippen molar-refractivity contribution in [3.63, 3.8) is 0 Å². The molecule has 0 nitrogen and oxygen atoms in total. The first kappa shape index (κ1) is 6.12. The summed E-state index contributed by atoms with van der Waals surface area (Å²) in [5.74, 6) is 2.99. The van der Waals surface area contributed by atoms with E-state index in [1.165, 1.54) is 13.5 Å². The fourth-order valence-electron chi connectivity index (χ4n) is 0.492. The van der Waals surface area contributed by atoms with Gasteiger partial charge in [0.05, 0.1) is 0 Å². The van der Waals surface area contributed by atoms with Crippen molar-refractivity contribution in [1.29, 1.82) is 0 Å². The normalized spacial score (nSPS) is 10.1. The lowest BCUT2D eigenvalue weighted by molar-refractivity contribution is 1.55. The van der Waals surface area contributed by atoms with Gasteiger partial charge in [-0.1, -0.05) is 26.4 Å². The maximum Gasteiger partial charge on any atom is 0.0197 e. The zero-order valence-corrected chi connectivity index (χ0v) is 6.20. The number of rotatable bonds is 1. The van der Waals surface area contributed by atoms with Gasteiger partial charge >= 0.3 is 0 Å². The van der Waals surface area contributed by atoms with Crippen molar-refractivity contribution in [3.8, 4) is 0 Å². The van der Waals surface area contributed by atoms with E-state index in [1.54, 1.807) is 0 Å². The van der Waals surface area contributed by atoms with Crippen LogP contribution in [0.3, 0.4) is 0 Å². The molecule has 0 aliphatic carbocycles. The van der Waals surface area contributed by atoms with Crippen molar-refractivity contribution < 1.29 is 0 Å². The summed E-state index contributed by atoms with van der Waals surface area (Å²) in [6.45, 7) is 0. The molecule has 1 heterocycles. The molecular weight excluding hydrogens is 135 g/mol. The summed E-state index contributed by atoms with van der Waals surface area (Å²) in [5, 5.41) is 1.37. The maximum atomic E-state index is 4.13. The summed E-state index contributed by atoms with van der Waals surface area (Å²) in [4.78, 5) is 0. The van der Waals surface area contributed by atoms with Crippen LogP contribution < -0.4 is 0 Å². The fourth-order valence-corrected chi connectivity index (χ4v) is 1.47. The highest BCUT2D eigenvalue weighted by Crippen LogP contribution is 2.13. The Morgan fingerprint density at radius 1 is 1.50 bits per heavy atom. The van der Waals surface area contributed by atoms with Crippen LogP contribution >= 0.6 is 20.8 Å². The third-order valence-electron chi connectivity index (χ3n) is 0.888. The molecule has 8 heavy (non-hydrogen) atoms.